The molecule has 1 amide bonds. The summed E-state index contributed by atoms with van der Waals surface area (Å²) in [6.07, 6.45) is 0. The number of hydrogen-bond acceptors (Lipinski definition) is 5. The highest BCUT2D eigenvalue weighted by molar-refractivity contribution is 7.98. The van der Waals surface area contributed by atoms with Crippen molar-refractivity contribution in [2.45, 2.75) is 12.3 Å². The summed E-state index contributed by atoms with van der Waals surface area (Å²) in [5.74, 6) is 2.46. The molecule has 0 saturated carbocycles. The first-order chi connectivity index (χ1) is 12.2. The van der Waals surface area contributed by atoms with Crippen LogP contribution in [0.2, 0.25) is 0 Å². The van der Waals surface area contributed by atoms with E-state index in [1.807, 2.05) is 35.7 Å². The minimum Gasteiger partial charge on any atom is -0.354 e. The maximum Gasteiger partial charge on any atom is 0.240 e. The van der Waals surface area contributed by atoms with Gasteiger partial charge >= 0.3 is 0 Å². The van der Waals surface area contributed by atoms with Gasteiger partial charge in [0.25, 0.3) is 0 Å². The fourth-order valence-electron chi connectivity index (χ4n) is 2.28. The van der Waals surface area contributed by atoms with Crippen molar-refractivity contribution < 1.29 is 4.79 Å². The second-order valence-electron chi connectivity index (χ2n) is 5.30. The summed E-state index contributed by atoms with van der Waals surface area (Å²) in [7, 11) is 0. The predicted molar refractivity (Wildman–Crippen MR) is 106 cm³/mol. The van der Waals surface area contributed by atoms with Crippen LogP contribution < -0.4 is 5.32 Å². The highest BCUT2D eigenvalue weighted by Crippen LogP contribution is 2.22. The van der Waals surface area contributed by atoms with Crippen LogP contribution in [0.1, 0.15) is 5.56 Å². The maximum absolute atomic E-state index is 12.2. The van der Waals surface area contributed by atoms with Crippen molar-refractivity contribution in [2.24, 2.45) is 0 Å². The SMILES string of the molecule is O=C(Cn1c(-c2cccs2)n[nH]c1=S)NCCSCc1ccccc1. The number of thiophene rings is 1. The number of H-pyrrole nitrogens is 1. The molecule has 0 aliphatic carbocycles. The second kappa shape index (κ2) is 8.98. The zero-order chi connectivity index (χ0) is 17.5. The van der Waals surface area contributed by atoms with E-state index in [1.54, 1.807) is 27.7 Å². The normalized spacial score (nSPS) is 10.7. The largest absolute Gasteiger partial charge is 0.354 e. The van der Waals surface area contributed by atoms with Gasteiger partial charge in [-0.15, -0.1) is 11.3 Å². The summed E-state index contributed by atoms with van der Waals surface area (Å²) in [6.45, 7) is 0.807. The number of rotatable bonds is 8. The Morgan fingerprint density at radius 1 is 1.28 bits per heavy atom. The zero-order valence-corrected chi connectivity index (χ0v) is 15.9. The lowest BCUT2D eigenvalue weighted by atomic mass is 10.2. The number of benzene rings is 1. The molecule has 5 nitrogen and oxygen atoms in total. The molecule has 1 aromatic carbocycles. The third kappa shape index (κ3) is 5.04. The van der Waals surface area contributed by atoms with Crippen molar-refractivity contribution in [3.05, 3.63) is 58.2 Å². The van der Waals surface area contributed by atoms with Gasteiger partial charge in [-0.2, -0.15) is 16.9 Å². The highest BCUT2D eigenvalue weighted by atomic mass is 32.2. The van der Waals surface area contributed by atoms with Crippen molar-refractivity contribution >= 4 is 41.2 Å². The number of thioether (sulfide) groups is 1. The molecule has 0 bridgehead atoms. The van der Waals surface area contributed by atoms with Crippen molar-refractivity contribution in [2.75, 3.05) is 12.3 Å². The molecule has 25 heavy (non-hydrogen) atoms. The van der Waals surface area contributed by atoms with Gasteiger partial charge in [-0.3, -0.25) is 14.5 Å². The fourth-order valence-corrected chi connectivity index (χ4v) is 4.02. The Balaban J connectivity index is 1.46. The lowest BCUT2D eigenvalue weighted by Gasteiger charge is -2.07. The fraction of sp³-hybridized carbons (Fsp3) is 0.235. The van der Waals surface area contributed by atoms with Gasteiger partial charge < -0.3 is 5.32 Å². The summed E-state index contributed by atoms with van der Waals surface area (Å²) in [5.41, 5.74) is 1.30. The maximum atomic E-state index is 12.2. The third-order valence-corrected chi connectivity index (χ3v) is 5.69. The number of carbonyl (C=O) groups excluding carboxylic acids is 1. The Morgan fingerprint density at radius 2 is 2.12 bits per heavy atom. The zero-order valence-electron chi connectivity index (χ0n) is 13.5. The van der Waals surface area contributed by atoms with Gasteiger partial charge in [0.15, 0.2) is 10.6 Å². The van der Waals surface area contributed by atoms with Crippen LogP contribution in [0.4, 0.5) is 0 Å². The second-order valence-corrected chi connectivity index (χ2v) is 7.74. The van der Waals surface area contributed by atoms with Crippen molar-refractivity contribution in [3.63, 3.8) is 0 Å². The number of hydrogen-bond donors (Lipinski definition) is 2. The van der Waals surface area contributed by atoms with Crippen LogP contribution in [-0.4, -0.2) is 33.0 Å². The minimum atomic E-state index is -0.0596. The molecule has 0 aliphatic heterocycles. The standard InChI is InChI=1S/C17H18N4OS3/c22-15(18-8-10-24-12-13-5-2-1-3-6-13)11-21-16(19-20-17(21)23)14-7-4-9-25-14/h1-7,9H,8,10-12H2,(H,18,22)(H,20,23). The highest BCUT2D eigenvalue weighted by Gasteiger charge is 2.12. The average molecular weight is 391 g/mol. The summed E-state index contributed by atoms with van der Waals surface area (Å²) in [6, 6.07) is 14.2. The molecular weight excluding hydrogens is 372 g/mol. The molecule has 0 aliphatic rings. The minimum absolute atomic E-state index is 0.0596. The van der Waals surface area contributed by atoms with Crippen LogP contribution in [0.3, 0.4) is 0 Å². The van der Waals surface area contributed by atoms with Crippen LogP contribution >= 0.6 is 35.3 Å². The lowest BCUT2D eigenvalue weighted by Crippen LogP contribution is -2.29. The van der Waals surface area contributed by atoms with E-state index in [1.165, 1.54) is 5.56 Å². The molecule has 130 valence electrons. The van der Waals surface area contributed by atoms with Gasteiger partial charge in [0.05, 0.1) is 4.88 Å². The lowest BCUT2D eigenvalue weighted by molar-refractivity contribution is -0.121. The molecule has 0 spiro atoms. The summed E-state index contributed by atoms with van der Waals surface area (Å²) < 4.78 is 2.19. The van der Waals surface area contributed by atoms with E-state index in [0.717, 1.165) is 16.4 Å². The van der Waals surface area contributed by atoms with E-state index >= 15 is 0 Å². The molecule has 0 radical (unpaired) electrons. The van der Waals surface area contributed by atoms with Crippen molar-refractivity contribution in [1.29, 1.82) is 0 Å². The first-order valence-corrected chi connectivity index (χ1v) is 10.3. The van der Waals surface area contributed by atoms with Crippen LogP contribution in [0, 0.1) is 4.77 Å². The van der Waals surface area contributed by atoms with Gasteiger partial charge in [-0.1, -0.05) is 36.4 Å². The number of aromatic amines is 1. The number of nitrogens with zero attached hydrogens (tertiary/aromatic N) is 2. The van der Waals surface area contributed by atoms with Crippen LogP contribution in [0.15, 0.2) is 47.8 Å². The molecule has 0 unspecified atom stereocenters. The molecule has 2 N–H and O–H groups in total. The van der Waals surface area contributed by atoms with E-state index in [4.69, 9.17) is 12.2 Å². The van der Waals surface area contributed by atoms with Crippen molar-refractivity contribution in [1.82, 2.24) is 20.1 Å². The number of carbonyl (C=O) groups is 1. The monoisotopic (exact) mass is 390 g/mol. The van der Waals surface area contributed by atoms with E-state index < -0.39 is 0 Å². The predicted octanol–water partition coefficient (Wildman–Crippen LogP) is 3.72. The Hall–Kier alpha value is -1.90. The van der Waals surface area contributed by atoms with Gasteiger partial charge in [0.1, 0.15) is 6.54 Å². The smallest absolute Gasteiger partial charge is 0.240 e. The molecule has 0 saturated heterocycles. The molecule has 2 heterocycles. The van der Waals surface area contributed by atoms with E-state index in [0.29, 0.717) is 17.1 Å². The number of amides is 1. The molecule has 0 atom stereocenters. The van der Waals surface area contributed by atoms with Crippen LogP contribution in [0.5, 0.6) is 0 Å². The molecular formula is C17H18N4OS3. The molecule has 8 heteroatoms. The van der Waals surface area contributed by atoms with E-state index in [9.17, 15) is 4.79 Å². The van der Waals surface area contributed by atoms with Crippen LogP contribution in [-0.2, 0) is 17.1 Å². The van der Waals surface area contributed by atoms with Gasteiger partial charge in [0.2, 0.25) is 5.91 Å². The molecule has 3 rings (SSSR count). The molecule has 3 aromatic rings. The summed E-state index contributed by atoms with van der Waals surface area (Å²) >= 11 is 8.61. The first kappa shape index (κ1) is 17.9. The number of nitrogens with one attached hydrogen (secondary N) is 2. The Bertz CT molecular complexity index is 856. The average Bonchev–Trinajstić information content (AvgIpc) is 3.26. The van der Waals surface area contributed by atoms with Gasteiger partial charge in [-0.25, -0.2) is 0 Å². The summed E-state index contributed by atoms with van der Waals surface area (Å²) in [4.78, 5) is 13.2. The molecule has 2 aromatic heterocycles. The Kier molecular flexibility index (Phi) is 6.43. The quantitative estimate of drug-likeness (QED) is 0.455. The first-order valence-electron chi connectivity index (χ1n) is 7.81. The molecule has 0 fully saturated rings. The van der Waals surface area contributed by atoms with E-state index in [2.05, 4.69) is 27.6 Å². The Labute approximate surface area is 159 Å². The van der Waals surface area contributed by atoms with E-state index in [-0.39, 0.29) is 12.5 Å². The topological polar surface area (TPSA) is 62.7 Å². The number of aromatic nitrogens is 3. The van der Waals surface area contributed by atoms with Gasteiger partial charge in [-0.05, 0) is 29.2 Å². The summed E-state index contributed by atoms with van der Waals surface area (Å²) in [5, 5.41) is 11.9. The van der Waals surface area contributed by atoms with Crippen molar-refractivity contribution in [3.8, 4) is 10.7 Å². The van der Waals surface area contributed by atoms with Gasteiger partial charge in [0, 0.05) is 18.1 Å². The van der Waals surface area contributed by atoms with Crippen LogP contribution in [0.25, 0.3) is 10.7 Å². The third-order valence-electron chi connectivity index (χ3n) is 3.48. The Morgan fingerprint density at radius 3 is 2.88 bits per heavy atom.